The molecule has 1 nitrogen and oxygen atoms in total. The van der Waals surface area contributed by atoms with Crippen molar-refractivity contribution >= 4 is 54.8 Å². The molecule has 0 fully saturated rings. The van der Waals surface area contributed by atoms with Crippen LogP contribution >= 0.6 is 54.8 Å². The van der Waals surface area contributed by atoms with Gasteiger partial charge < -0.3 is 5.32 Å². The summed E-state index contributed by atoms with van der Waals surface area (Å²) in [6.07, 6.45) is 1.84. The molecule has 0 aliphatic carbocycles. The summed E-state index contributed by atoms with van der Waals surface area (Å²) in [4.78, 5) is 1.24. The Morgan fingerprint density at radius 3 is 2.67 bits per heavy atom. The first-order chi connectivity index (χ1) is 10.0. The van der Waals surface area contributed by atoms with Crippen molar-refractivity contribution < 1.29 is 4.39 Å². The highest BCUT2D eigenvalue weighted by Crippen LogP contribution is 2.36. The first kappa shape index (κ1) is 17.4. The molecule has 0 aliphatic rings. The van der Waals surface area contributed by atoms with Gasteiger partial charge in [-0.15, -0.1) is 11.3 Å². The zero-order valence-electron chi connectivity index (χ0n) is 11.4. The van der Waals surface area contributed by atoms with E-state index < -0.39 is 0 Å². The lowest BCUT2D eigenvalue weighted by Crippen LogP contribution is -2.23. The first-order valence-electron chi connectivity index (χ1n) is 6.63. The molecule has 0 aliphatic heterocycles. The van der Waals surface area contributed by atoms with Gasteiger partial charge in [-0.05, 0) is 75.0 Å². The van der Waals surface area contributed by atoms with Crippen LogP contribution in [0.1, 0.15) is 29.8 Å². The van der Waals surface area contributed by atoms with Gasteiger partial charge in [-0.25, -0.2) is 4.39 Å². The van der Waals surface area contributed by atoms with E-state index in [0.29, 0.717) is 0 Å². The zero-order valence-corrected chi connectivity index (χ0v) is 16.2. The van der Waals surface area contributed by atoms with Crippen LogP contribution in [0.25, 0.3) is 0 Å². The average Bonchev–Trinajstić information content (AvgIpc) is 2.78. The molecule has 1 atom stereocenters. The number of thiophene rings is 1. The van der Waals surface area contributed by atoms with Crippen molar-refractivity contribution in [2.45, 2.75) is 25.8 Å². The predicted molar refractivity (Wildman–Crippen MR) is 95.9 cm³/mol. The molecule has 0 radical (unpaired) electrons. The van der Waals surface area contributed by atoms with E-state index in [9.17, 15) is 4.39 Å². The Balaban J connectivity index is 2.21. The van der Waals surface area contributed by atoms with Crippen molar-refractivity contribution in [3.63, 3.8) is 0 Å². The van der Waals surface area contributed by atoms with Crippen LogP contribution < -0.4 is 5.32 Å². The van der Waals surface area contributed by atoms with E-state index in [2.05, 4.69) is 50.2 Å². The number of hydrogen-bond acceptors (Lipinski definition) is 2. The summed E-state index contributed by atoms with van der Waals surface area (Å²) in [5.41, 5.74) is 1.02. The third-order valence-electron chi connectivity index (χ3n) is 3.07. The SMILES string of the molecule is CCCNC(Cc1ccc(F)c(Cl)c1)c1cc(Br)c(Br)s1. The Morgan fingerprint density at radius 2 is 2.10 bits per heavy atom. The highest BCUT2D eigenvalue weighted by atomic mass is 79.9. The minimum absolute atomic E-state index is 0.176. The van der Waals surface area contributed by atoms with E-state index in [0.717, 1.165) is 33.2 Å². The van der Waals surface area contributed by atoms with Crippen LogP contribution in [0, 0.1) is 5.82 Å². The van der Waals surface area contributed by atoms with Gasteiger partial charge in [0.1, 0.15) is 5.82 Å². The minimum Gasteiger partial charge on any atom is -0.309 e. The lowest BCUT2D eigenvalue weighted by Gasteiger charge is -2.17. The van der Waals surface area contributed by atoms with Gasteiger partial charge in [0.25, 0.3) is 0 Å². The van der Waals surface area contributed by atoms with Crippen molar-refractivity contribution in [1.29, 1.82) is 0 Å². The highest BCUT2D eigenvalue weighted by Gasteiger charge is 2.16. The molecule has 114 valence electrons. The van der Waals surface area contributed by atoms with Crippen molar-refractivity contribution in [2.24, 2.45) is 0 Å². The Labute approximate surface area is 150 Å². The van der Waals surface area contributed by atoms with Crippen LogP contribution in [0.5, 0.6) is 0 Å². The molecule has 1 N–H and O–H groups in total. The molecule has 0 saturated carbocycles. The molecule has 1 aromatic carbocycles. The van der Waals surface area contributed by atoms with E-state index in [1.165, 1.54) is 10.9 Å². The molecule has 6 heteroatoms. The van der Waals surface area contributed by atoms with Crippen LogP contribution in [0.15, 0.2) is 32.5 Å². The van der Waals surface area contributed by atoms with Crippen LogP contribution in [0.2, 0.25) is 5.02 Å². The second kappa shape index (κ2) is 8.06. The lowest BCUT2D eigenvalue weighted by atomic mass is 10.0. The summed E-state index contributed by atoms with van der Waals surface area (Å²) in [6.45, 7) is 3.08. The Hall–Kier alpha value is 0.0600. The average molecular weight is 456 g/mol. The third kappa shape index (κ3) is 4.76. The molecule has 1 heterocycles. The molecular formula is C15H15Br2ClFNS. The van der Waals surface area contributed by atoms with Crippen LogP contribution in [-0.4, -0.2) is 6.54 Å². The summed E-state index contributed by atoms with van der Waals surface area (Å²) < 4.78 is 15.4. The standard InChI is InChI=1S/C15H15Br2ClFNS/c1-2-5-20-13(14-8-10(16)15(17)21-14)7-9-3-4-12(19)11(18)6-9/h3-4,6,8,13,20H,2,5,7H2,1H3. The minimum atomic E-state index is -0.375. The second-order valence-corrected chi connectivity index (χ2v) is 8.39. The molecule has 0 spiro atoms. The number of rotatable bonds is 6. The van der Waals surface area contributed by atoms with Crippen molar-refractivity contribution in [3.05, 3.63) is 53.8 Å². The quantitative estimate of drug-likeness (QED) is 0.535. The van der Waals surface area contributed by atoms with E-state index in [1.807, 2.05) is 0 Å². The summed E-state index contributed by atoms with van der Waals surface area (Å²) >= 11 is 14.6. The monoisotopic (exact) mass is 453 g/mol. The number of nitrogens with one attached hydrogen (secondary N) is 1. The lowest BCUT2D eigenvalue weighted by molar-refractivity contribution is 0.536. The summed E-state index contributed by atoms with van der Waals surface area (Å²) in [7, 11) is 0. The summed E-state index contributed by atoms with van der Waals surface area (Å²) in [5.74, 6) is -0.375. The summed E-state index contributed by atoms with van der Waals surface area (Å²) in [6, 6.07) is 7.23. The molecule has 1 aromatic heterocycles. The summed E-state index contributed by atoms with van der Waals surface area (Å²) in [5, 5.41) is 3.72. The van der Waals surface area contributed by atoms with Crippen molar-refractivity contribution in [1.82, 2.24) is 5.32 Å². The van der Waals surface area contributed by atoms with Gasteiger partial charge in [-0.2, -0.15) is 0 Å². The third-order valence-corrected chi connectivity index (χ3v) is 6.73. The number of hydrogen-bond donors (Lipinski definition) is 1. The molecule has 21 heavy (non-hydrogen) atoms. The van der Waals surface area contributed by atoms with Gasteiger partial charge in [0.2, 0.25) is 0 Å². The van der Waals surface area contributed by atoms with Crippen molar-refractivity contribution in [3.8, 4) is 0 Å². The Morgan fingerprint density at radius 1 is 1.33 bits per heavy atom. The normalized spacial score (nSPS) is 12.6. The van der Waals surface area contributed by atoms with E-state index in [1.54, 1.807) is 23.5 Å². The van der Waals surface area contributed by atoms with Gasteiger partial charge in [-0.3, -0.25) is 0 Å². The topological polar surface area (TPSA) is 12.0 Å². The Bertz CT molecular complexity index is 598. The van der Waals surface area contributed by atoms with Gasteiger partial charge in [0, 0.05) is 15.4 Å². The van der Waals surface area contributed by atoms with E-state index >= 15 is 0 Å². The fraction of sp³-hybridized carbons (Fsp3) is 0.333. The van der Waals surface area contributed by atoms with Gasteiger partial charge in [0.05, 0.1) is 8.81 Å². The first-order valence-corrected chi connectivity index (χ1v) is 9.41. The number of halogens is 4. The number of benzene rings is 1. The molecular weight excluding hydrogens is 440 g/mol. The van der Waals surface area contributed by atoms with Crippen molar-refractivity contribution in [2.75, 3.05) is 6.54 Å². The molecule has 0 bridgehead atoms. The molecule has 1 unspecified atom stereocenters. The second-order valence-electron chi connectivity index (χ2n) is 4.73. The Kier molecular flexibility index (Phi) is 6.69. The maximum absolute atomic E-state index is 13.3. The van der Waals surface area contributed by atoms with Gasteiger partial charge in [-0.1, -0.05) is 24.6 Å². The predicted octanol–water partition coefficient (Wildman–Crippen LogP) is 6.35. The molecule has 2 aromatic rings. The fourth-order valence-corrected chi connectivity index (χ4v) is 4.40. The maximum Gasteiger partial charge on any atom is 0.141 e. The molecule has 0 saturated heterocycles. The van der Waals surface area contributed by atoms with E-state index in [-0.39, 0.29) is 16.9 Å². The van der Waals surface area contributed by atoms with Gasteiger partial charge >= 0.3 is 0 Å². The van der Waals surface area contributed by atoms with Gasteiger partial charge in [0.15, 0.2) is 0 Å². The maximum atomic E-state index is 13.3. The molecule has 2 rings (SSSR count). The molecule has 0 amide bonds. The smallest absolute Gasteiger partial charge is 0.141 e. The zero-order chi connectivity index (χ0) is 15.4. The van der Waals surface area contributed by atoms with E-state index in [4.69, 9.17) is 11.6 Å². The fourth-order valence-electron chi connectivity index (χ4n) is 2.03. The highest BCUT2D eigenvalue weighted by molar-refractivity contribution is 9.13. The largest absolute Gasteiger partial charge is 0.309 e. The van der Waals surface area contributed by atoms with Crippen LogP contribution in [-0.2, 0) is 6.42 Å². The van der Waals surface area contributed by atoms with Crippen LogP contribution in [0.3, 0.4) is 0 Å². The van der Waals surface area contributed by atoms with Crippen LogP contribution in [0.4, 0.5) is 4.39 Å².